The molecule has 0 amide bonds. The van der Waals surface area contributed by atoms with Crippen LogP contribution in [0.2, 0.25) is 0 Å². The third kappa shape index (κ3) is 3.88. The van der Waals surface area contributed by atoms with Crippen molar-refractivity contribution >= 4 is 16.4 Å². The van der Waals surface area contributed by atoms with Gasteiger partial charge in [0.1, 0.15) is 24.4 Å². The van der Waals surface area contributed by atoms with Crippen LogP contribution in [-0.4, -0.2) is 33.8 Å². The van der Waals surface area contributed by atoms with E-state index in [-0.39, 0.29) is 12.5 Å². The summed E-state index contributed by atoms with van der Waals surface area (Å²) < 4.78 is 25.0. The maximum atomic E-state index is 6.50. The third-order valence-electron chi connectivity index (χ3n) is 7.01. The molecule has 0 N–H and O–H groups in total. The van der Waals surface area contributed by atoms with Crippen molar-refractivity contribution in [3.05, 3.63) is 114 Å². The first-order valence-electron chi connectivity index (χ1n) is 12.6. The van der Waals surface area contributed by atoms with E-state index in [0.717, 1.165) is 39.0 Å². The zero-order valence-corrected chi connectivity index (χ0v) is 21.4. The van der Waals surface area contributed by atoms with Crippen molar-refractivity contribution in [2.75, 3.05) is 14.2 Å². The van der Waals surface area contributed by atoms with Crippen molar-refractivity contribution in [1.82, 2.24) is 19.6 Å². The summed E-state index contributed by atoms with van der Waals surface area (Å²) in [6.07, 6.45) is 1.63. The van der Waals surface area contributed by atoms with E-state index in [4.69, 9.17) is 23.9 Å². The largest absolute Gasteiger partial charge is 0.497 e. The second-order valence-electron chi connectivity index (χ2n) is 9.21. The molecule has 1 atom stereocenters. The van der Waals surface area contributed by atoms with Crippen LogP contribution in [-0.2, 0) is 6.61 Å². The number of benzene rings is 4. The molecule has 0 aliphatic carbocycles. The molecule has 39 heavy (non-hydrogen) atoms. The highest BCUT2D eigenvalue weighted by atomic mass is 16.5. The highest BCUT2D eigenvalue weighted by molar-refractivity contribution is 5.91. The van der Waals surface area contributed by atoms with Gasteiger partial charge in [0, 0.05) is 16.9 Å². The van der Waals surface area contributed by atoms with Gasteiger partial charge in [-0.25, -0.2) is 14.5 Å². The van der Waals surface area contributed by atoms with Crippen LogP contribution in [0.3, 0.4) is 0 Å². The Morgan fingerprint density at radius 2 is 1.64 bits per heavy atom. The van der Waals surface area contributed by atoms with E-state index in [9.17, 15) is 0 Å². The molecule has 1 aliphatic rings. The van der Waals surface area contributed by atoms with E-state index < -0.39 is 0 Å². The van der Waals surface area contributed by atoms with Gasteiger partial charge >= 0.3 is 0 Å². The number of hydrogen-bond acceptors (Lipinski definition) is 7. The minimum atomic E-state index is -0.178. The summed E-state index contributed by atoms with van der Waals surface area (Å²) in [5.41, 5.74) is 3.62. The van der Waals surface area contributed by atoms with Gasteiger partial charge in [0.25, 0.3) is 0 Å². The number of aromatic nitrogens is 4. The Balaban J connectivity index is 1.36. The molecule has 0 saturated carbocycles. The van der Waals surface area contributed by atoms with Gasteiger partial charge in [-0.1, -0.05) is 60.7 Å². The second-order valence-corrected chi connectivity index (χ2v) is 9.21. The molecule has 0 bridgehead atoms. The Morgan fingerprint density at radius 3 is 2.46 bits per heavy atom. The van der Waals surface area contributed by atoms with Crippen LogP contribution in [0, 0.1) is 0 Å². The highest BCUT2D eigenvalue weighted by Gasteiger charge is 2.34. The van der Waals surface area contributed by atoms with Gasteiger partial charge in [0.05, 0.1) is 19.8 Å². The van der Waals surface area contributed by atoms with Gasteiger partial charge in [0.15, 0.2) is 23.0 Å². The van der Waals surface area contributed by atoms with E-state index in [1.807, 2.05) is 48.5 Å². The molecular formula is C31H24N4O4. The lowest BCUT2D eigenvalue weighted by Crippen LogP contribution is -2.15. The normalized spacial score (nSPS) is 13.9. The molecule has 7 rings (SSSR count). The maximum absolute atomic E-state index is 6.50. The minimum Gasteiger partial charge on any atom is -0.497 e. The molecule has 0 unspecified atom stereocenters. The Bertz CT molecular complexity index is 1830. The van der Waals surface area contributed by atoms with Crippen molar-refractivity contribution in [2.24, 2.45) is 0 Å². The smallest absolute Gasteiger partial charge is 0.228 e. The van der Waals surface area contributed by atoms with E-state index in [1.54, 1.807) is 25.1 Å². The standard InChI is InChI=1S/C31H24N4O4/c1-36-21-14-11-20(12-15-21)27-23-16-13-19-7-3-4-8-22(19)29(23)39-31-28(27)30-33-26(34-35(30)18-32-31)17-38-25-10-6-5-9-24(25)37-2/h3-16,18,27H,17H2,1-2H3/t27-/m0/s1. The monoisotopic (exact) mass is 516 g/mol. The summed E-state index contributed by atoms with van der Waals surface area (Å²) in [7, 11) is 3.28. The molecule has 192 valence electrons. The number of hydrogen-bond donors (Lipinski definition) is 0. The average molecular weight is 517 g/mol. The fourth-order valence-corrected chi connectivity index (χ4v) is 5.18. The number of para-hydroxylation sites is 2. The lowest BCUT2D eigenvalue weighted by molar-refractivity contribution is 0.276. The summed E-state index contributed by atoms with van der Waals surface area (Å²) >= 11 is 0. The molecule has 0 fully saturated rings. The molecule has 8 nitrogen and oxygen atoms in total. The lowest BCUT2D eigenvalue weighted by atomic mass is 9.83. The second kappa shape index (κ2) is 9.33. The maximum Gasteiger partial charge on any atom is 0.228 e. The molecular weight excluding hydrogens is 492 g/mol. The number of ether oxygens (including phenoxy) is 4. The molecule has 0 radical (unpaired) electrons. The number of methoxy groups -OCH3 is 2. The van der Waals surface area contributed by atoms with Gasteiger partial charge in [-0.3, -0.25) is 0 Å². The number of fused-ring (bicyclic) bond motifs is 6. The SMILES string of the molecule is COc1ccc([C@H]2c3ccc4ccccc4c3Oc3ncn4nc(COc5ccccc5OC)nc4c32)cc1. The summed E-state index contributed by atoms with van der Waals surface area (Å²) in [4.78, 5) is 9.56. The van der Waals surface area contributed by atoms with Crippen molar-refractivity contribution in [3.8, 4) is 28.9 Å². The summed E-state index contributed by atoms with van der Waals surface area (Å²) in [6.45, 7) is 0.173. The Labute approximate surface area is 224 Å². The van der Waals surface area contributed by atoms with Crippen LogP contribution in [0.1, 0.15) is 28.4 Å². The summed E-state index contributed by atoms with van der Waals surface area (Å²) in [5.74, 6) is 3.72. The van der Waals surface area contributed by atoms with Gasteiger partial charge in [-0.2, -0.15) is 0 Å². The lowest BCUT2D eigenvalue weighted by Gasteiger charge is -2.28. The molecule has 6 aromatic rings. The van der Waals surface area contributed by atoms with Crippen LogP contribution < -0.4 is 18.9 Å². The predicted molar refractivity (Wildman–Crippen MR) is 146 cm³/mol. The third-order valence-corrected chi connectivity index (χ3v) is 7.01. The summed E-state index contributed by atoms with van der Waals surface area (Å²) in [5, 5.41) is 6.79. The van der Waals surface area contributed by atoms with Crippen LogP contribution in [0.4, 0.5) is 0 Å². The quantitative estimate of drug-likeness (QED) is 0.262. The van der Waals surface area contributed by atoms with E-state index in [1.165, 1.54) is 0 Å². The van der Waals surface area contributed by atoms with Gasteiger partial charge in [-0.15, -0.1) is 5.10 Å². The Hall–Kier alpha value is -5.11. The van der Waals surface area contributed by atoms with Gasteiger partial charge in [0.2, 0.25) is 5.88 Å². The zero-order valence-electron chi connectivity index (χ0n) is 21.4. The van der Waals surface area contributed by atoms with Gasteiger partial charge < -0.3 is 18.9 Å². The number of rotatable bonds is 6. The first-order valence-corrected chi connectivity index (χ1v) is 12.6. The van der Waals surface area contributed by atoms with E-state index in [0.29, 0.717) is 28.9 Å². The molecule has 2 aromatic heterocycles. The zero-order chi connectivity index (χ0) is 26.3. The van der Waals surface area contributed by atoms with Crippen molar-refractivity contribution in [2.45, 2.75) is 12.5 Å². The fraction of sp³-hybridized carbons (Fsp3) is 0.129. The van der Waals surface area contributed by atoms with Crippen molar-refractivity contribution in [1.29, 1.82) is 0 Å². The molecule has 0 spiro atoms. The first kappa shape index (κ1) is 23.0. The minimum absolute atomic E-state index is 0.173. The highest BCUT2D eigenvalue weighted by Crippen LogP contribution is 2.50. The molecule has 1 aliphatic heterocycles. The van der Waals surface area contributed by atoms with Gasteiger partial charge in [-0.05, 0) is 35.2 Å². The average Bonchev–Trinajstić information content (AvgIpc) is 3.42. The fourth-order valence-electron chi connectivity index (χ4n) is 5.18. The first-order chi connectivity index (χ1) is 19.2. The Kier molecular flexibility index (Phi) is 5.51. The van der Waals surface area contributed by atoms with Crippen molar-refractivity contribution < 1.29 is 18.9 Å². The topological polar surface area (TPSA) is 80.0 Å². The van der Waals surface area contributed by atoms with E-state index in [2.05, 4.69) is 46.5 Å². The molecule has 0 saturated heterocycles. The molecule has 4 aromatic carbocycles. The van der Waals surface area contributed by atoms with Crippen LogP contribution in [0.25, 0.3) is 16.4 Å². The van der Waals surface area contributed by atoms with E-state index >= 15 is 0 Å². The molecule has 8 heteroatoms. The number of nitrogens with zero attached hydrogens (tertiary/aromatic N) is 4. The van der Waals surface area contributed by atoms with Crippen LogP contribution in [0.15, 0.2) is 91.3 Å². The Morgan fingerprint density at radius 1 is 0.846 bits per heavy atom. The molecule has 3 heterocycles. The summed E-state index contributed by atoms with van der Waals surface area (Å²) in [6, 6.07) is 28.0. The van der Waals surface area contributed by atoms with Crippen LogP contribution >= 0.6 is 0 Å². The predicted octanol–water partition coefficient (Wildman–Crippen LogP) is 6.16. The van der Waals surface area contributed by atoms with Crippen molar-refractivity contribution in [3.63, 3.8) is 0 Å². The van der Waals surface area contributed by atoms with Crippen LogP contribution in [0.5, 0.6) is 28.9 Å².